The van der Waals surface area contributed by atoms with Crippen LogP contribution in [0.25, 0.3) is 10.9 Å². The molecule has 2 aromatic carbocycles. The minimum atomic E-state index is -3.87. The number of hydrogen-bond donors (Lipinski definition) is 1. The zero-order valence-electron chi connectivity index (χ0n) is 16.1. The quantitative estimate of drug-likeness (QED) is 0.432. The Kier molecular flexibility index (Phi) is 5.64. The van der Waals surface area contributed by atoms with E-state index >= 15 is 0 Å². The molecule has 0 aliphatic heterocycles. The van der Waals surface area contributed by atoms with E-state index in [2.05, 4.69) is 20.9 Å². The highest BCUT2D eigenvalue weighted by atomic mass is 79.9. The smallest absolute Gasteiger partial charge is 0.252 e. The molecule has 0 spiro atoms. The van der Waals surface area contributed by atoms with Crippen LogP contribution in [-0.2, 0) is 23.1 Å². The Labute approximate surface area is 182 Å². The number of rotatable bonds is 6. The molecule has 2 aromatic heterocycles. The topological polar surface area (TPSA) is 83.4 Å². The summed E-state index contributed by atoms with van der Waals surface area (Å²) < 4.78 is 34.1. The SMILES string of the molecule is Cc1ccc2[nH]c(=O)c(CN(Cc3ccco3)S(=O)(=O)c3ccc(Br)cc3)cc2c1. The van der Waals surface area contributed by atoms with Gasteiger partial charge >= 0.3 is 0 Å². The molecule has 0 saturated heterocycles. The molecule has 0 saturated carbocycles. The minimum absolute atomic E-state index is 0.0106. The first-order valence-electron chi connectivity index (χ1n) is 9.23. The van der Waals surface area contributed by atoms with Crippen LogP contribution in [0, 0.1) is 6.92 Å². The molecule has 0 atom stereocenters. The molecule has 2 heterocycles. The van der Waals surface area contributed by atoms with Crippen LogP contribution < -0.4 is 5.56 Å². The molecule has 8 heteroatoms. The van der Waals surface area contributed by atoms with Crippen molar-refractivity contribution in [2.24, 2.45) is 0 Å². The maximum atomic E-state index is 13.4. The van der Waals surface area contributed by atoms with Gasteiger partial charge in [0.25, 0.3) is 5.56 Å². The Morgan fingerprint density at radius 3 is 2.50 bits per heavy atom. The summed E-state index contributed by atoms with van der Waals surface area (Å²) in [5.74, 6) is 0.490. The lowest BCUT2D eigenvalue weighted by Crippen LogP contribution is -2.32. The van der Waals surface area contributed by atoms with Gasteiger partial charge in [0.1, 0.15) is 5.76 Å². The first-order chi connectivity index (χ1) is 14.3. The number of aromatic amines is 1. The second-order valence-electron chi connectivity index (χ2n) is 7.02. The number of fused-ring (bicyclic) bond motifs is 1. The Balaban J connectivity index is 1.77. The maximum Gasteiger partial charge on any atom is 0.252 e. The molecule has 1 N–H and O–H groups in total. The van der Waals surface area contributed by atoms with E-state index in [1.807, 2.05) is 25.1 Å². The molecule has 0 bridgehead atoms. The fourth-order valence-corrected chi connectivity index (χ4v) is 4.89. The zero-order valence-corrected chi connectivity index (χ0v) is 18.5. The number of halogens is 1. The number of furan rings is 1. The van der Waals surface area contributed by atoms with Gasteiger partial charge in [-0.25, -0.2) is 8.42 Å². The monoisotopic (exact) mass is 486 g/mol. The van der Waals surface area contributed by atoms with E-state index in [0.717, 1.165) is 15.4 Å². The highest BCUT2D eigenvalue weighted by molar-refractivity contribution is 9.10. The number of benzene rings is 2. The zero-order chi connectivity index (χ0) is 21.3. The molecule has 0 fully saturated rings. The van der Waals surface area contributed by atoms with E-state index in [-0.39, 0.29) is 23.5 Å². The van der Waals surface area contributed by atoms with Crippen molar-refractivity contribution in [3.8, 4) is 0 Å². The average Bonchev–Trinajstić information content (AvgIpc) is 3.22. The molecule has 0 aliphatic rings. The van der Waals surface area contributed by atoms with Crippen molar-refractivity contribution in [1.82, 2.24) is 9.29 Å². The maximum absolute atomic E-state index is 13.4. The molecular weight excluding hydrogens is 468 g/mol. The van der Waals surface area contributed by atoms with Gasteiger partial charge in [-0.2, -0.15) is 4.31 Å². The molecular formula is C22H19BrN2O4S. The lowest BCUT2D eigenvalue weighted by molar-refractivity contribution is 0.357. The molecule has 4 rings (SSSR count). The average molecular weight is 487 g/mol. The number of nitrogens with one attached hydrogen (secondary N) is 1. The highest BCUT2D eigenvalue weighted by Crippen LogP contribution is 2.23. The number of H-pyrrole nitrogens is 1. The van der Waals surface area contributed by atoms with E-state index in [1.165, 1.54) is 22.7 Å². The predicted octanol–water partition coefficient (Wildman–Crippen LogP) is 4.58. The third-order valence-electron chi connectivity index (χ3n) is 4.79. The van der Waals surface area contributed by atoms with Crippen LogP contribution in [0.15, 0.2) is 85.5 Å². The minimum Gasteiger partial charge on any atom is -0.468 e. The lowest BCUT2D eigenvalue weighted by atomic mass is 10.1. The number of sulfonamides is 1. The molecule has 4 aromatic rings. The van der Waals surface area contributed by atoms with E-state index in [1.54, 1.807) is 30.3 Å². The Hall–Kier alpha value is -2.68. The summed E-state index contributed by atoms with van der Waals surface area (Å²) in [6.07, 6.45) is 1.49. The number of aryl methyl sites for hydroxylation is 1. The summed E-state index contributed by atoms with van der Waals surface area (Å²) in [5, 5.41) is 0.851. The van der Waals surface area contributed by atoms with Gasteiger partial charge in [-0.1, -0.05) is 27.6 Å². The van der Waals surface area contributed by atoms with Crippen molar-refractivity contribution < 1.29 is 12.8 Å². The van der Waals surface area contributed by atoms with Crippen LogP contribution >= 0.6 is 15.9 Å². The third kappa shape index (κ3) is 4.26. The normalized spacial score (nSPS) is 12.0. The molecule has 6 nitrogen and oxygen atoms in total. The molecule has 154 valence electrons. The van der Waals surface area contributed by atoms with Crippen LogP contribution in [0.3, 0.4) is 0 Å². The summed E-state index contributed by atoms with van der Waals surface area (Å²) in [5.41, 5.74) is 1.81. The van der Waals surface area contributed by atoms with E-state index in [0.29, 0.717) is 16.8 Å². The van der Waals surface area contributed by atoms with Gasteiger partial charge in [0.15, 0.2) is 0 Å². The predicted molar refractivity (Wildman–Crippen MR) is 119 cm³/mol. The van der Waals surface area contributed by atoms with Crippen LogP contribution in [-0.4, -0.2) is 17.7 Å². The van der Waals surface area contributed by atoms with Crippen molar-refractivity contribution in [3.63, 3.8) is 0 Å². The first kappa shape index (κ1) is 20.6. The van der Waals surface area contributed by atoms with Crippen molar-refractivity contribution >= 4 is 36.9 Å². The van der Waals surface area contributed by atoms with Crippen LogP contribution in [0.5, 0.6) is 0 Å². The van der Waals surface area contributed by atoms with Crippen LogP contribution in [0.1, 0.15) is 16.9 Å². The lowest BCUT2D eigenvalue weighted by Gasteiger charge is -2.21. The van der Waals surface area contributed by atoms with Crippen molar-refractivity contribution in [3.05, 3.63) is 98.6 Å². The van der Waals surface area contributed by atoms with Crippen molar-refractivity contribution in [2.45, 2.75) is 24.9 Å². The third-order valence-corrected chi connectivity index (χ3v) is 7.12. The van der Waals surface area contributed by atoms with E-state index in [4.69, 9.17) is 4.42 Å². The fourth-order valence-electron chi connectivity index (χ4n) is 3.24. The second kappa shape index (κ2) is 8.22. The van der Waals surface area contributed by atoms with Gasteiger partial charge < -0.3 is 9.40 Å². The van der Waals surface area contributed by atoms with Gasteiger partial charge in [-0.15, -0.1) is 0 Å². The van der Waals surface area contributed by atoms with Gasteiger partial charge in [0.2, 0.25) is 10.0 Å². The summed E-state index contributed by atoms with van der Waals surface area (Å²) in [6.45, 7) is 1.89. The van der Waals surface area contributed by atoms with Crippen molar-refractivity contribution in [1.29, 1.82) is 0 Å². The number of hydrogen-bond acceptors (Lipinski definition) is 4. The van der Waals surface area contributed by atoms with E-state index < -0.39 is 10.0 Å². The number of nitrogens with zero attached hydrogens (tertiary/aromatic N) is 1. The van der Waals surface area contributed by atoms with Gasteiger partial charge in [0, 0.05) is 22.1 Å². The summed E-state index contributed by atoms with van der Waals surface area (Å²) in [7, 11) is -3.87. The molecule has 0 amide bonds. The summed E-state index contributed by atoms with van der Waals surface area (Å²) in [4.78, 5) is 15.6. The summed E-state index contributed by atoms with van der Waals surface area (Å²) >= 11 is 3.32. The Morgan fingerprint density at radius 1 is 1.03 bits per heavy atom. The van der Waals surface area contributed by atoms with E-state index in [9.17, 15) is 13.2 Å². The van der Waals surface area contributed by atoms with Crippen LogP contribution in [0.4, 0.5) is 0 Å². The summed E-state index contributed by atoms with van der Waals surface area (Å²) in [6, 6.07) is 17.3. The molecule has 30 heavy (non-hydrogen) atoms. The Morgan fingerprint density at radius 2 is 1.80 bits per heavy atom. The van der Waals surface area contributed by atoms with Gasteiger partial charge in [-0.3, -0.25) is 4.79 Å². The second-order valence-corrected chi connectivity index (χ2v) is 9.87. The number of aromatic nitrogens is 1. The fraction of sp³-hybridized carbons (Fsp3) is 0.136. The van der Waals surface area contributed by atoms with Crippen molar-refractivity contribution in [2.75, 3.05) is 0 Å². The van der Waals surface area contributed by atoms with Crippen LogP contribution in [0.2, 0.25) is 0 Å². The number of pyridine rings is 1. The first-order valence-corrected chi connectivity index (χ1v) is 11.5. The standard InChI is InChI=1S/C22H19BrN2O4S/c1-15-4-9-21-16(11-15)12-17(22(26)24-21)13-25(14-19-3-2-10-29-19)30(27,28)20-7-5-18(23)6-8-20/h2-12H,13-14H2,1H3,(H,24,26). The largest absolute Gasteiger partial charge is 0.468 e. The molecule has 0 unspecified atom stereocenters. The molecule has 0 radical (unpaired) electrons. The Bertz CT molecular complexity index is 1340. The van der Waals surface area contributed by atoms with Gasteiger partial charge in [-0.05, 0) is 66.9 Å². The molecule has 0 aliphatic carbocycles. The highest BCUT2D eigenvalue weighted by Gasteiger charge is 2.27. The van der Waals surface area contributed by atoms with Gasteiger partial charge in [0.05, 0.1) is 17.7 Å².